The lowest BCUT2D eigenvalue weighted by Crippen LogP contribution is -2.48. The second kappa shape index (κ2) is 15.5. The molecule has 2 rings (SSSR count). The van der Waals surface area contributed by atoms with Crippen LogP contribution >= 0.6 is 11.6 Å². The number of hydrogen-bond acceptors (Lipinski definition) is 6. The first kappa shape index (κ1) is 30.5. The van der Waals surface area contributed by atoms with Crippen LogP contribution in [0.4, 0.5) is 0 Å². The third-order valence-corrected chi connectivity index (χ3v) is 6.12. The van der Waals surface area contributed by atoms with E-state index in [2.05, 4.69) is 15.6 Å². The molecule has 0 spiro atoms. The average Bonchev–Trinajstić information content (AvgIpc) is 2.90. The number of methoxy groups -OCH3 is 1. The van der Waals surface area contributed by atoms with Crippen molar-refractivity contribution in [2.24, 2.45) is 11.8 Å². The van der Waals surface area contributed by atoms with Crippen LogP contribution in [0, 0.1) is 11.8 Å². The third-order valence-electron chi connectivity index (χ3n) is 5.82. The molecule has 0 radical (unpaired) electrons. The fourth-order valence-electron chi connectivity index (χ4n) is 3.36. The maximum Gasteiger partial charge on any atom is 0.308 e. The molecule has 1 aromatic heterocycles. The van der Waals surface area contributed by atoms with Crippen LogP contribution in [0.3, 0.4) is 0 Å². The van der Waals surface area contributed by atoms with Crippen molar-refractivity contribution in [1.82, 2.24) is 15.6 Å². The molecule has 1 aromatic carbocycles. The van der Waals surface area contributed by atoms with Crippen LogP contribution in [0.2, 0.25) is 5.02 Å². The number of hydrogen-bond donors (Lipinski definition) is 4. The molecule has 2 amide bonds. The van der Waals surface area contributed by atoms with E-state index < -0.39 is 35.8 Å². The molecule has 4 atom stereocenters. The fourth-order valence-corrected chi connectivity index (χ4v) is 3.64. The molecule has 38 heavy (non-hydrogen) atoms. The van der Waals surface area contributed by atoms with E-state index in [1.807, 2.05) is 31.2 Å². The number of carboxylic acid groups (broad SMARTS) is 1. The lowest BCUT2D eigenvalue weighted by Gasteiger charge is -2.19. The summed E-state index contributed by atoms with van der Waals surface area (Å²) in [6.07, 6.45) is 9.58. The van der Waals surface area contributed by atoms with Gasteiger partial charge >= 0.3 is 5.97 Å². The predicted molar refractivity (Wildman–Crippen MR) is 146 cm³/mol. The summed E-state index contributed by atoms with van der Waals surface area (Å²) in [6.45, 7) is 3.25. The van der Waals surface area contributed by atoms with Crippen molar-refractivity contribution in [2.45, 2.75) is 38.8 Å². The Morgan fingerprint density at radius 3 is 2.61 bits per heavy atom. The Hall–Kier alpha value is -3.69. The first-order chi connectivity index (χ1) is 18.1. The van der Waals surface area contributed by atoms with Crippen LogP contribution in [0.5, 0.6) is 5.75 Å². The van der Waals surface area contributed by atoms with Gasteiger partial charge in [-0.1, -0.05) is 55.8 Å². The maximum absolute atomic E-state index is 12.8. The van der Waals surface area contributed by atoms with E-state index in [4.69, 9.17) is 21.4 Å². The van der Waals surface area contributed by atoms with E-state index in [1.165, 1.54) is 20.1 Å². The first-order valence-electron chi connectivity index (χ1n) is 12.2. The van der Waals surface area contributed by atoms with Crippen LogP contribution in [-0.4, -0.2) is 58.8 Å². The van der Waals surface area contributed by atoms with Gasteiger partial charge < -0.3 is 25.6 Å². The number of ether oxygens (including phenoxy) is 1. The lowest BCUT2D eigenvalue weighted by atomic mass is 10.0. The first-order valence-corrected chi connectivity index (χ1v) is 12.5. The SMILES string of the molecule is COc1ccc(CC(NC(=O)/C=C/CC(O)C(C)/C=C/c2cccnc2)C(=O)NCC(C)C(=O)O)cc1Cl. The second-order valence-electron chi connectivity index (χ2n) is 8.93. The number of pyridine rings is 1. The minimum absolute atomic E-state index is 0.0869. The van der Waals surface area contributed by atoms with Crippen LogP contribution in [0.1, 0.15) is 31.4 Å². The number of nitrogens with zero attached hydrogens (tertiary/aromatic N) is 1. The summed E-state index contributed by atoms with van der Waals surface area (Å²) in [6, 6.07) is 7.77. The Morgan fingerprint density at radius 2 is 1.97 bits per heavy atom. The molecule has 0 saturated carbocycles. The molecule has 4 N–H and O–H groups in total. The molecule has 204 valence electrons. The maximum atomic E-state index is 12.8. The second-order valence-corrected chi connectivity index (χ2v) is 9.34. The molecule has 1 heterocycles. The number of rotatable bonds is 14. The topological polar surface area (TPSA) is 138 Å². The van der Waals surface area contributed by atoms with Crippen LogP contribution in [-0.2, 0) is 20.8 Å². The van der Waals surface area contributed by atoms with Gasteiger partial charge in [-0.05, 0) is 41.8 Å². The average molecular weight is 544 g/mol. The summed E-state index contributed by atoms with van der Waals surface area (Å²) in [4.78, 5) is 40.6. The van der Waals surface area contributed by atoms with Gasteiger partial charge in [-0.2, -0.15) is 0 Å². The number of aliphatic hydroxyl groups is 1. The molecule has 4 unspecified atom stereocenters. The molecule has 0 aliphatic carbocycles. The summed E-state index contributed by atoms with van der Waals surface area (Å²) in [5.41, 5.74) is 1.60. The van der Waals surface area contributed by atoms with Crippen molar-refractivity contribution >= 4 is 35.5 Å². The normalized spacial score (nSPS) is 14.6. The number of benzene rings is 1. The fraction of sp³-hybridized carbons (Fsp3) is 0.357. The summed E-state index contributed by atoms with van der Waals surface area (Å²) < 4.78 is 5.15. The molecule has 0 fully saturated rings. The van der Waals surface area contributed by atoms with Crippen molar-refractivity contribution < 1.29 is 29.3 Å². The highest BCUT2D eigenvalue weighted by Gasteiger charge is 2.22. The number of carboxylic acids is 1. The van der Waals surface area contributed by atoms with Crippen molar-refractivity contribution in [3.63, 3.8) is 0 Å². The Labute approximate surface area is 227 Å². The van der Waals surface area contributed by atoms with E-state index in [-0.39, 0.29) is 25.3 Å². The van der Waals surface area contributed by atoms with Gasteiger partial charge in [0.05, 0.1) is 24.2 Å². The Balaban J connectivity index is 2.01. The lowest BCUT2D eigenvalue weighted by molar-refractivity contribution is -0.141. The van der Waals surface area contributed by atoms with Crippen LogP contribution < -0.4 is 15.4 Å². The molecule has 10 heteroatoms. The molecule has 2 aromatic rings. The molecule has 0 aliphatic rings. The zero-order valence-electron chi connectivity index (χ0n) is 21.6. The monoisotopic (exact) mass is 543 g/mol. The van der Waals surface area contributed by atoms with Gasteiger partial charge in [0.2, 0.25) is 11.8 Å². The summed E-state index contributed by atoms with van der Waals surface area (Å²) in [7, 11) is 1.49. The van der Waals surface area contributed by atoms with Gasteiger partial charge in [-0.3, -0.25) is 19.4 Å². The Morgan fingerprint density at radius 1 is 1.21 bits per heavy atom. The third kappa shape index (κ3) is 10.4. The number of nitrogens with one attached hydrogen (secondary N) is 2. The molecular weight excluding hydrogens is 510 g/mol. The van der Waals surface area contributed by atoms with Gasteiger partial charge in [0.1, 0.15) is 11.8 Å². The smallest absolute Gasteiger partial charge is 0.308 e. The van der Waals surface area contributed by atoms with Crippen molar-refractivity contribution in [2.75, 3.05) is 13.7 Å². The largest absolute Gasteiger partial charge is 0.495 e. The number of amides is 2. The highest BCUT2D eigenvalue weighted by molar-refractivity contribution is 6.32. The highest BCUT2D eigenvalue weighted by Crippen LogP contribution is 2.25. The molecule has 0 bridgehead atoms. The highest BCUT2D eigenvalue weighted by atomic mass is 35.5. The van der Waals surface area contributed by atoms with E-state index in [1.54, 1.807) is 36.7 Å². The zero-order chi connectivity index (χ0) is 28.1. The van der Waals surface area contributed by atoms with Gasteiger partial charge in [0, 0.05) is 31.3 Å². The van der Waals surface area contributed by atoms with Crippen molar-refractivity contribution in [3.8, 4) is 5.75 Å². The van der Waals surface area contributed by atoms with E-state index in [0.29, 0.717) is 16.3 Å². The minimum Gasteiger partial charge on any atom is -0.495 e. The Bertz CT molecular complexity index is 1140. The number of carbonyl (C=O) groups excluding carboxylic acids is 2. The predicted octanol–water partition coefficient (Wildman–Crippen LogP) is 3.26. The standard InChI is InChI=1S/C28H34ClN3O6/c1-18(9-10-20-6-5-13-30-17-20)24(33)7-4-8-26(34)32-23(27(35)31-16-19(2)28(36)37)15-21-11-12-25(38-3)22(29)14-21/h4-6,8-14,17-19,23-24,33H,7,15-16H2,1-3H3,(H,31,35)(H,32,34)(H,36,37)/b8-4+,10-9+. The van der Waals surface area contributed by atoms with E-state index in [0.717, 1.165) is 5.56 Å². The minimum atomic E-state index is -1.04. The van der Waals surface area contributed by atoms with Gasteiger partial charge in [0.25, 0.3) is 0 Å². The van der Waals surface area contributed by atoms with Gasteiger partial charge in [0.15, 0.2) is 0 Å². The van der Waals surface area contributed by atoms with Crippen molar-refractivity contribution in [3.05, 3.63) is 77.1 Å². The molecular formula is C28H34ClN3O6. The zero-order valence-corrected chi connectivity index (χ0v) is 22.4. The van der Waals surface area contributed by atoms with Crippen molar-refractivity contribution in [1.29, 1.82) is 0 Å². The van der Waals surface area contributed by atoms with E-state index >= 15 is 0 Å². The summed E-state index contributed by atoms with van der Waals surface area (Å²) in [5.74, 6) is -2.58. The van der Waals surface area contributed by atoms with Crippen LogP contribution in [0.15, 0.2) is 61.0 Å². The quantitative estimate of drug-likeness (QED) is 0.268. The number of aromatic nitrogens is 1. The summed E-state index contributed by atoms with van der Waals surface area (Å²) in [5, 5.41) is 25.1. The van der Waals surface area contributed by atoms with Gasteiger partial charge in [-0.25, -0.2) is 0 Å². The summed E-state index contributed by atoms with van der Waals surface area (Å²) >= 11 is 6.20. The molecule has 0 saturated heterocycles. The molecule has 9 nitrogen and oxygen atoms in total. The van der Waals surface area contributed by atoms with E-state index in [9.17, 15) is 19.5 Å². The molecule has 0 aliphatic heterocycles. The number of carbonyl (C=O) groups is 3. The number of halogens is 1. The van der Waals surface area contributed by atoms with Gasteiger partial charge in [-0.15, -0.1) is 0 Å². The number of aliphatic hydroxyl groups excluding tert-OH is 1. The van der Waals surface area contributed by atoms with Crippen LogP contribution in [0.25, 0.3) is 6.08 Å². The Kier molecular flexibility index (Phi) is 12.5. The number of aliphatic carboxylic acids is 1.